The molecule has 0 aliphatic carbocycles. The molecule has 3 N–H and O–H groups in total. The first-order valence-electron chi connectivity index (χ1n) is 5.33. The van der Waals surface area contributed by atoms with Gasteiger partial charge in [0.1, 0.15) is 0 Å². The minimum atomic E-state index is -0.787. The Hall–Kier alpha value is -0.610. The molecule has 0 rings (SSSR count). The molecule has 0 aliphatic heterocycles. The summed E-state index contributed by atoms with van der Waals surface area (Å²) in [6.45, 7) is 8.14. The lowest BCUT2D eigenvalue weighted by atomic mass is 9.96. The van der Waals surface area contributed by atoms with E-state index < -0.39 is 5.97 Å². The third-order valence-corrected chi connectivity index (χ3v) is 2.41. The fraction of sp³-hybridized carbons (Fsp3) is 0.909. The standard InChI is InChI=1S/C11H23NO3/c1-5-11(4,7-6-9(13)14)15-8-10(2,3)12/h5-8,12H2,1-4H3,(H,13,14)/t11-/m1/s1. The normalized spacial score (nSPS) is 16.1. The van der Waals surface area contributed by atoms with Gasteiger partial charge >= 0.3 is 5.97 Å². The Labute approximate surface area is 91.8 Å². The summed E-state index contributed by atoms with van der Waals surface area (Å²) in [6.07, 6.45) is 1.45. The summed E-state index contributed by atoms with van der Waals surface area (Å²) in [6, 6.07) is 0. The van der Waals surface area contributed by atoms with Crippen molar-refractivity contribution >= 4 is 5.97 Å². The van der Waals surface area contributed by atoms with E-state index in [1.54, 1.807) is 0 Å². The maximum absolute atomic E-state index is 10.5. The molecular weight excluding hydrogens is 194 g/mol. The van der Waals surface area contributed by atoms with E-state index >= 15 is 0 Å². The molecule has 0 aliphatic rings. The number of carboxylic acids is 1. The molecule has 1 atom stereocenters. The second kappa shape index (κ2) is 5.47. The summed E-state index contributed by atoms with van der Waals surface area (Å²) >= 11 is 0. The number of hydrogen-bond acceptors (Lipinski definition) is 3. The smallest absolute Gasteiger partial charge is 0.303 e. The highest BCUT2D eigenvalue weighted by molar-refractivity contribution is 5.66. The van der Waals surface area contributed by atoms with E-state index in [4.69, 9.17) is 15.6 Å². The summed E-state index contributed by atoms with van der Waals surface area (Å²) < 4.78 is 5.71. The van der Waals surface area contributed by atoms with Gasteiger partial charge in [-0.3, -0.25) is 4.79 Å². The quantitative estimate of drug-likeness (QED) is 0.681. The summed E-state index contributed by atoms with van der Waals surface area (Å²) in [5.74, 6) is -0.787. The molecule has 0 aromatic carbocycles. The van der Waals surface area contributed by atoms with Crippen LogP contribution in [0.15, 0.2) is 0 Å². The second-order valence-electron chi connectivity index (χ2n) is 4.97. The highest BCUT2D eigenvalue weighted by Crippen LogP contribution is 2.22. The van der Waals surface area contributed by atoms with Gasteiger partial charge in [-0.05, 0) is 33.6 Å². The molecule has 0 amide bonds. The number of nitrogens with two attached hydrogens (primary N) is 1. The monoisotopic (exact) mass is 217 g/mol. The summed E-state index contributed by atoms with van der Waals surface area (Å²) in [4.78, 5) is 10.5. The second-order valence-corrected chi connectivity index (χ2v) is 4.97. The number of ether oxygens (including phenoxy) is 1. The molecule has 0 fully saturated rings. The van der Waals surface area contributed by atoms with Gasteiger partial charge in [-0.15, -0.1) is 0 Å². The number of carboxylic acid groups (broad SMARTS) is 1. The lowest BCUT2D eigenvalue weighted by Crippen LogP contribution is -2.42. The van der Waals surface area contributed by atoms with Crippen molar-refractivity contribution in [3.8, 4) is 0 Å². The molecule has 4 heteroatoms. The molecule has 15 heavy (non-hydrogen) atoms. The van der Waals surface area contributed by atoms with Crippen molar-refractivity contribution < 1.29 is 14.6 Å². The first-order valence-corrected chi connectivity index (χ1v) is 5.33. The van der Waals surface area contributed by atoms with Gasteiger partial charge < -0.3 is 15.6 Å². The fourth-order valence-corrected chi connectivity index (χ4v) is 1.08. The van der Waals surface area contributed by atoms with Crippen LogP contribution in [0.1, 0.15) is 47.0 Å². The minimum absolute atomic E-state index is 0.134. The average molecular weight is 217 g/mol. The van der Waals surface area contributed by atoms with E-state index in [-0.39, 0.29) is 17.6 Å². The lowest BCUT2D eigenvalue weighted by Gasteiger charge is -2.32. The first-order chi connectivity index (χ1) is 6.68. The van der Waals surface area contributed by atoms with Crippen molar-refractivity contribution in [2.45, 2.75) is 58.1 Å². The largest absolute Gasteiger partial charge is 0.481 e. The van der Waals surface area contributed by atoms with Gasteiger partial charge in [-0.2, -0.15) is 0 Å². The molecule has 0 bridgehead atoms. The topological polar surface area (TPSA) is 72.5 Å². The summed E-state index contributed by atoms with van der Waals surface area (Å²) in [5, 5.41) is 8.62. The van der Waals surface area contributed by atoms with Crippen molar-refractivity contribution in [3.63, 3.8) is 0 Å². The SMILES string of the molecule is CC[C@](C)(CCC(=O)O)OCC(C)(C)N. The number of rotatable bonds is 7. The molecule has 0 saturated heterocycles. The van der Waals surface area contributed by atoms with Gasteiger partial charge in [0.2, 0.25) is 0 Å². The van der Waals surface area contributed by atoms with Crippen molar-refractivity contribution in [1.82, 2.24) is 0 Å². The van der Waals surface area contributed by atoms with Crippen LogP contribution in [0.5, 0.6) is 0 Å². The maximum atomic E-state index is 10.5. The van der Waals surface area contributed by atoms with Crippen molar-refractivity contribution in [2.75, 3.05) is 6.61 Å². The molecule has 0 aromatic rings. The van der Waals surface area contributed by atoms with Gasteiger partial charge in [0, 0.05) is 12.0 Å². The summed E-state index contributed by atoms with van der Waals surface area (Å²) in [7, 11) is 0. The van der Waals surface area contributed by atoms with E-state index in [9.17, 15) is 4.79 Å². The van der Waals surface area contributed by atoms with Gasteiger partial charge in [0.05, 0.1) is 12.2 Å². The molecule has 0 spiro atoms. The van der Waals surface area contributed by atoms with Gasteiger partial charge in [0.15, 0.2) is 0 Å². The molecule has 0 heterocycles. The van der Waals surface area contributed by atoms with Crippen LogP contribution in [-0.4, -0.2) is 28.8 Å². The first kappa shape index (κ1) is 14.4. The Morgan fingerprint density at radius 2 is 1.93 bits per heavy atom. The summed E-state index contributed by atoms with van der Waals surface area (Å²) in [5.41, 5.74) is 5.06. The zero-order valence-corrected chi connectivity index (χ0v) is 10.2. The zero-order chi connectivity index (χ0) is 12.1. The molecular formula is C11H23NO3. The van der Waals surface area contributed by atoms with Crippen LogP contribution in [0.2, 0.25) is 0 Å². The molecule has 0 unspecified atom stereocenters. The Balaban J connectivity index is 4.13. The average Bonchev–Trinajstić information content (AvgIpc) is 2.10. The minimum Gasteiger partial charge on any atom is -0.481 e. The number of carbonyl (C=O) groups is 1. The third-order valence-electron chi connectivity index (χ3n) is 2.41. The van der Waals surface area contributed by atoms with Crippen LogP contribution in [0.4, 0.5) is 0 Å². The highest BCUT2D eigenvalue weighted by atomic mass is 16.5. The molecule has 0 saturated carbocycles. The van der Waals surface area contributed by atoms with E-state index in [0.29, 0.717) is 13.0 Å². The van der Waals surface area contributed by atoms with Crippen LogP contribution >= 0.6 is 0 Å². The predicted octanol–water partition coefficient (Wildman–Crippen LogP) is 1.77. The lowest BCUT2D eigenvalue weighted by molar-refractivity contribution is -0.139. The number of hydrogen-bond donors (Lipinski definition) is 2. The van der Waals surface area contributed by atoms with Crippen molar-refractivity contribution in [1.29, 1.82) is 0 Å². The predicted molar refractivity (Wildman–Crippen MR) is 59.8 cm³/mol. The van der Waals surface area contributed by atoms with Crippen LogP contribution in [0.3, 0.4) is 0 Å². The van der Waals surface area contributed by atoms with E-state index in [1.807, 2.05) is 27.7 Å². The Kier molecular flexibility index (Phi) is 5.24. The highest BCUT2D eigenvalue weighted by Gasteiger charge is 2.26. The van der Waals surface area contributed by atoms with Gasteiger partial charge in [-0.25, -0.2) is 0 Å². The number of aliphatic carboxylic acids is 1. The van der Waals surface area contributed by atoms with Gasteiger partial charge in [0.25, 0.3) is 0 Å². The fourth-order valence-electron chi connectivity index (χ4n) is 1.08. The Morgan fingerprint density at radius 3 is 2.27 bits per heavy atom. The van der Waals surface area contributed by atoms with Crippen LogP contribution in [0, 0.1) is 0 Å². The van der Waals surface area contributed by atoms with Crippen LogP contribution in [0.25, 0.3) is 0 Å². The van der Waals surface area contributed by atoms with Crippen LogP contribution in [-0.2, 0) is 9.53 Å². The Bertz CT molecular complexity index is 210. The third kappa shape index (κ3) is 7.33. The molecule has 0 radical (unpaired) electrons. The van der Waals surface area contributed by atoms with E-state index in [0.717, 1.165) is 6.42 Å². The molecule has 0 aromatic heterocycles. The van der Waals surface area contributed by atoms with Crippen molar-refractivity contribution in [2.24, 2.45) is 5.73 Å². The van der Waals surface area contributed by atoms with Crippen molar-refractivity contribution in [3.05, 3.63) is 0 Å². The van der Waals surface area contributed by atoms with E-state index in [2.05, 4.69) is 0 Å². The van der Waals surface area contributed by atoms with Crippen LogP contribution < -0.4 is 5.73 Å². The Morgan fingerprint density at radius 1 is 1.40 bits per heavy atom. The van der Waals surface area contributed by atoms with Gasteiger partial charge in [-0.1, -0.05) is 6.92 Å². The molecule has 90 valence electrons. The van der Waals surface area contributed by atoms with E-state index in [1.165, 1.54) is 0 Å². The maximum Gasteiger partial charge on any atom is 0.303 e. The zero-order valence-electron chi connectivity index (χ0n) is 10.2. The molecule has 4 nitrogen and oxygen atoms in total.